The Labute approximate surface area is 80.7 Å². The van der Waals surface area contributed by atoms with E-state index in [0.29, 0.717) is 17.8 Å². The van der Waals surface area contributed by atoms with Gasteiger partial charge >= 0.3 is 0 Å². The zero-order valence-electron chi connectivity index (χ0n) is 7.29. The fourth-order valence-electron chi connectivity index (χ4n) is 1.06. The summed E-state index contributed by atoms with van der Waals surface area (Å²) in [6, 6.07) is 5.15. The predicted molar refractivity (Wildman–Crippen MR) is 50.7 cm³/mol. The molecule has 0 amide bonds. The van der Waals surface area contributed by atoms with Gasteiger partial charge < -0.3 is 0 Å². The molecule has 0 aliphatic carbocycles. The van der Waals surface area contributed by atoms with Gasteiger partial charge in [0.05, 0.1) is 0 Å². The molecule has 14 heavy (non-hydrogen) atoms. The van der Waals surface area contributed by atoms with Crippen molar-refractivity contribution in [2.75, 3.05) is 0 Å². The van der Waals surface area contributed by atoms with E-state index in [1.807, 2.05) is 0 Å². The first-order chi connectivity index (χ1) is 6.90. The third-order valence-electron chi connectivity index (χ3n) is 1.73. The van der Waals surface area contributed by atoms with Crippen molar-refractivity contribution in [1.29, 1.82) is 0 Å². The highest BCUT2D eigenvalue weighted by molar-refractivity contribution is 5.72. The van der Waals surface area contributed by atoms with Crippen LogP contribution in [0.5, 0.6) is 0 Å². The maximum absolute atomic E-state index is 10.4. The van der Waals surface area contributed by atoms with Crippen LogP contribution in [0.15, 0.2) is 36.8 Å². The topological polar surface area (TPSA) is 55.7 Å². The number of rotatable bonds is 2. The standard InChI is InChI=1S/C10H7N3O/c14-7-9-3-2-8(6-13-9)10-11-4-1-5-12-10/h1-7H. The molecule has 0 radical (unpaired) electrons. The van der Waals surface area contributed by atoms with Crippen molar-refractivity contribution in [2.24, 2.45) is 0 Å². The van der Waals surface area contributed by atoms with Crippen molar-refractivity contribution in [1.82, 2.24) is 15.0 Å². The first-order valence-electron chi connectivity index (χ1n) is 4.09. The molecule has 0 N–H and O–H groups in total. The summed E-state index contributed by atoms with van der Waals surface area (Å²) in [5, 5.41) is 0. The molecule has 2 aromatic heterocycles. The molecule has 2 aromatic rings. The summed E-state index contributed by atoms with van der Waals surface area (Å²) in [4.78, 5) is 22.4. The Hall–Kier alpha value is -2.10. The van der Waals surface area contributed by atoms with Gasteiger partial charge in [0.25, 0.3) is 0 Å². The molecule has 0 aromatic carbocycles. The monoisotopic (exact) mass is 185 g/mol. The van der Waals surface area contributed by atoms with Gasteiger partial charge in [0.2, 0.25) is 0 Å². The molecule has 4 nitrogen and oxygen atoms in total. The number of aromatic nitrogens is 3. The first kappa shape index (κ1) is 8.50. The number of pyridine rings is 1. The Bertz CT molecular complexity index is 425. The number of carbonyl (C=O) groups excluding carboxylic acids is 1. The molecule has 2 rings (SSSR count). The Kier molecular flexibility index (Phi) is 2.27. The second-order valence-electron chi connectivity index (χ2n) is 2.66. The summed E-state index contributed by atoms with van der Waals surface area (Å²) < 4.78 is 0. The summed E-state index contributed by atoms with van der Waals surface area (Å²) >= 11 is 0. The maximum atomic E-state index is 10.4. The molecule has 0 saturated heterocycles. The summed E-state index contributed by atoms with van der Waals surface area (Å²) in [5.41, 5.74) is 1.21. The van der Waals surface area contributed by atoms with Crippen molar-refractivity contribution < 1.29 is 4.79 Å². The van der Waals surface area contributed by atoms with Crippen LogP contribution in [0, 0.1) is 0 Å². The van der Waals surface area contributed by atoms with Crippen molar-refractivity contribution >= 4 is 6.29 Å². The minimum atomic E-state index is 0.407. The molecule has 0 aliphatic heterocycles. The number of carbonyl (C=O) groups is 1. The molecule has 0 aliphatic rings. The minimum absolute atomic E-state index is 0.407. The Balaban J connectivity index is 2.39. The zero-order chi connectivity index (χ0) is 9.80. The van der Waals surface area contributed by atoms with Crippen LogP contribution in [0.3, 0.4) is 0 Å². The van der Waals surface area contributed by atoms with E-state index in [1.54, 1.807) is 36.8 Å². The molecular weight excluding hydrogens is 178 g/mol. The number of nitrogens with zero attached hydrogens (tertiary/aromatic N) is 3. The lowest BCUT2D eigenvalue weighted by Gasteiger charge is -1.97. The van der Waals surface area contributed by atoms with E-state index in [9.17, 15) is 4.79 Å². The van der Waals surface area contributed by atoms with Crippen LogP contribution in [0.25, 0.3) is 11.4 Å². The summed E-state index contributed by atoms with van der Waals surface area (Å²) in [7, 11) is 0. The molecule has 0 fully saturated rings. The SMILES string of the molecule is O=Cc1ccc(-c2ncccn2)cn1. The summed E-state index contributed by atoms with van der Waals surface area (Å²) in [6.07, 6.45) is 5.61. The molecule has 68 valence electrons. The largest absolute Gasteiger partial charge is 0.296 e. The van der Waals surface area contributed by atoms with Crippen molar-refractivity contribution in [3.8, 4) is 11.4 Å². The van der Waals surface area contributed by atoms with Crippen LogP contribution < -0.4 is 0 Å². The molecule has 4 heteroatoms. The second-order valence-corrected chi connectivity index (χ2v) is 2.66. The quantitative estimate of drug-likeness (QED) is 0.662. The van der Waals surface area contributed by atoms with Gasteiger partial charge in [-0.3, -0.25) is 9.78 Å². The van der Waals surface area contributed by atoms with Gasteiger partial charge in [-0.05, 0) is 18.2 Å². The third-order valence-corrected chi connectivity index (χ3v) is 1.73. The number of aldehydes is 1. The van der Waals surface area contributed by atoms with Gasteiger partial charge in [0, 0.05) is 24.2 Å². The van der Waals surface area contributed by atoms with Crippen LogP contribution >= 0.6 is 0 Å². The van der Waals surface area contributed by atoms with Crippen LogP contribution in [0.4, 0.5) is 0 Å². The summed E-state index contributed by atoms with van der Waals surface area (Å²) in [5.74, 6) is 0.609. The van der Waals surface area contributed by atoms with E-state index in [4.69, 9.17) is 0 Å². The highest BCUT2D eigenvalue weighted by Crippen LogP contribution is 2.11. The number of hydrogen-bond acceptors (Lipinski definition) is 4. The third kappa shape index (κ3) is 1.64. The van der Waals surface area contributed by atoms with E-state index in [0.717, 1.165) is 5.56 Å². The van der Waals surface area contributed by atoms with E-state index < -0.39 is 0 Å². The van der Waals surface area contributed by atoms with Crippen LogP contribution in [0.2, 0.25) is 0 Å². The fraction of sp³-hybridized carbons (Fsp3) is 0. The smallest absolute Gasteiger partial charge is 0.168 e. The minimum Gasteiger partial charge on any atom is -0.296 e. The lowest BCUT2D eigenvalue weighted by Crippen LogP contribution is -1.90. The lowest BCUT2D eigenvalue weighted by atomic mass is 10.2. The molecule has 0 bridgehead atoms. The molecule has 2 heterocycles. The van der Waals surface area contributed by atoms with Gasteiger partial charge in [-0.15, -0.1) is 0 Å². The van der Waals surface area contributed by atoms with Gasteiger partial charge in [-0.25, -0.2) is 9.97 Å². The highest BCUT2D eigenvalue weighted by atomic mass is 16.1. The van der Waals surface area contributed by atoms with E-state index in [2.05, 4.69) is 15.0 Å². The van der Waals surface area contributed by atoms with E-state index in [-0.39, 0.29) is 0 Å². The molecule has 0 unspecified atom stereocenters. The first-order valence-corrected chi connectivity index (χ1v) is 4.09. The van der Waals surface area contributed by atoms with E-state index >= 15 is 0 Å². The van der Waals surface area contributed by atoms with Gasteiger partial charge in [-0.2, -0.15) is 0 Å². The Morgan fingerprint density at radius 3 is 2.43 bits per heavy atom. The average molecular weight is 185 g/mol. The Morgan fingerprint density at radius 2 is 1.86 bits per heavy atom. The number of hydrogen-bond donors (Lipinski definition) is 0. The highest BCUT2D eigenvalue weighted by Gasteiger charge is 1.99. The van der Waals surface area contributed by atoms with E-state index in [1.165, 1.54) is 0 Å². The van der Waals surface area contributed by atoms with Crippen LogP contribution in [0.1, 0.15) is 10.5 Å². The molecule has 0 spiro atoms. The molecular formula is C10H7N3O. The average Bonchev–Trinajstić information content (AvgIpc) is 2.30. The normalized spacial score (nSPS) is 9.71. The lowest BCUT2D eigenvalue weighted by molar-refractivity contribution is 0.111. The van der Waals surface area contributed by atoms with Crippen molar-refractivity contribution in [2.45, 2.75) is 0 Å². The molecule has 0 saturated carbocycles. The van der Waals surface area contributed by atoms with Crippen molar-refractivity contribution in [3.63, 3.8) is 0 Å². The summed E-state index contributed by atoms with van der Waals surface area (Å²) in [6.45, 7) is 0. The molecule has 0 atom stereocenters. The second kappa shape index (κ2) is 3.74. The maximum Gasteiger partial charge on any atom is 0.168 e. The zero-order valence-corrected chi connectivity index (χ0v) is 7.29. The van der Waals surface area contributed by atoms with Gasteiger partial charge in [-0.1, -0.05) is 0 Å². The van der Waals surface area contributed by atoms with Gasteiger partial charge in [0.15, 0.2) is 12.1 Å². The van der Waals surface area contributed by atoms with Crippen molar-refractivity contribution in [3.05, 3.63) is 42.5 Å². The Morgan fingerprint density at radius 1 is 1.07 bits per heavy atom. The fourth-order valence-corrected chi connectivity index (χ4v) is 1.06. The van der Waals surface area contributed by atoms with Crippen LogP contribution in [-0.2, 0) is 0 Å². The van der Waals surface area contributed by atoms with Crippen LogP contribution in [-0.4, -0.2) is 21.2 Å². The van der Waals surface area contributed by atoms with Gasteiger partial charge in [0.1, 0.15) is 5.69 Å². The predicted octanol–water partition coefficient (Wildman–Crippen LogP) is 1.35.